The lowest BCUT2D eigenvalue weighted by Gasteiger charge is -2.22. The summed E-state index contributed by atoms with van der Waals surface area (Å²) in [6, 6.07) is 4.38. The molecule has 0 radical (unpaired) electrons. The average Bonchev–Trinajstić information content (AvgIpc) is 2.80. The standard InChI is InChI=1S/C13H16ClN3O3.ClH/c1-13(7-15)5-6-16(8-13)12(18)9-3-2-4-10(14)11(9)17(19)20;/h2-4H,5-8,15H2,1H3;1H. The van der Waals surface area contributed by atoms with E-state index in [-0.39, 0.29) is 40.0 Å². The van der Waals surface area contributed by atoms with E-state index in [1.165, 1.54) is 12.1 Å². The van der Waals surface area contributed by atoms with Crippen LogP contribution in [0.25, 0.3) is 0 Å². The monoisotopic (exact) mass is 333 g/mol. The summed E-state index contributed by atoms with van der Waals surface area (Å²) in [5.41, 5.74) is 5.28. The molecule has 2 N–H and O–H groups in total. The van der Waals surface area contributed by atoms with Crippen molar-refractivity contribution in [2.45, 2.75) is 13.3 Å². The van der Waals surface area contributed by atoms with E-state index in [0.717, 1.165) is 6.42 Å². The van der Waals surface area contributed by atoms with Gasteiger partial charge in [-0.05, 0) is 30.5 Å². The van der Waals surface area contributed by atoms with E-state index in [4.69, 9.17) is 17.3 Å². The van der Waals surface area contributed by atoms with Crippen LogP contribution in [0.3, 0.4) is 0 Å². The highest BCUT2D eigenvalue weighted by atomic mass is 35.5. The summed E-state index contributed by atoms with van der Waals surface area (Å²) in [5.74, 6) is -0.364. The number of rotatable bonds is 3. The molecule has 0 saturated carbocycles. The van der Waals surface area contributed by atoms with Crippen molar-refractivity contribution in [2.75, 3.05) is 19.6 Å². The van der Waals surface area contributed by atoms with Crippen LogP contribution in [0.1, 0.15) is 23.7 Å². The van der Waals surface area contributed by atoms with Crippen LogP contribution in [0.4, 0.5) is 5.69 Å². The highest BCUT2D eigenvalue weighted by Crippen LogP contribution is 2.33. The summed E-state index contributed by atoms with van der Waals surface area (Å²) < 4.78 is 0. The molecule has 1 unspecified atom stereocenters. The molecule has 1 aliphatic rings. The lowest BCUT2D eigenvalue weighted by atomic mass is 9.90. The normalized spacial score (nSPS) is 21.0. The predicted molar refractivity (Wildman–Crippen MR) is 83.0 cm³/mol. The third-order valence-electron chi connectivity index (χ3n) is 3.74. The van der Waals surface area contributed by atoms with Crippen molar-refractivity contribution in [2.24, 2.45) is 11.1 Å². The maximum absolute atomic E-state index is 12.5. The molecule has 0 aliphatic carbocycles. The predicted octanol–water partition coefficient (Wildman–Crippen LogP) is 2.48. The van der Waals surface area contributed by atoms with Gasteiger partial charge in [-0.25, -0.2) is 0 Å². The van der Waals surface area contributed by atoms with E-state index < -0.39 is 4.92 Å². The molecule has 21 heavy (non-hydrogen) atoms. The van der Waals surface area contributed by atoms with Crippen molar-refractivity contribution in [3.05, 3.63) is 38.9 Å². The number of hydrogen-bond acceptors (Lipinski definition) is 4. The van der Waals surface area contributed by atoms with E-state index in [1.54, 1.807) is 11.0 Å². The lowest BCUT2D eigenvalue weighted by molar-refractivity contribution is -0.385. The molecular weight excluding hydrogens is 317 g/mol. The number of likely N-dealkylation sites (tertiary alicyclic amines) is 1. The van der Waals surface area contributed by atoms with Gasteiger partial charge in [0.25, 0.3) is 5.91 Å². The van der Waals surface area contributed by atoms with Crippen molar-refractivity contribution >= 4 is 35.6 Å². The number of nitrogens with zero attached hydrogens (tertiary/aromatic N) is 2. The molecular formula is C13H17Cl2N3O3. The van der Waals surface area contributed by atoms with Crippen molar-refractivity contribution in [1.82, 2.24) is 4.90 Å². The summed E-state index contributed by atoms with van der Waals surface area (Å²) in [4.78, 5) is 24.5. The zero-order chi connectivity index (χ0) is 14.9. The van der Waals surface area contributed by atoms with Crippen LogP contribution in [0.15, 0.2) is 18.2 Å². The number of benzene rings is 1. The second-order valence-corrected chi connectivity index (χ2v) is 5.79. The Labute approximate surface area is 133 Å². The van der Waals surface area contributed by atoms with Crippen molar-refractivity contribution in [1.29, 1.82) is 0 Å². The second-order valence-electron chi connectivity index (χ2n) is 5.38. The van der Waals surface area contributed by atoms with E-state index in [9.17, 15) is 14.9 Å². The van der Waals surface area contributed by atoms with Gasteiger partial charge in [0.05, 0.1) is 4.92 Å². The molecule has 1 saturated heterocycles. The Morgan fingerprint density at radius 1 is 1.57 bits per heavy atom. The van der Waals surface area contributed by atoms with Gasteiger partial charge in [-0.3, -0.25) is 14.9 Å². The Hall–Kier alpha value is -1.37. The maximum atomic E-state index is 12.5. The molecule has 0 bridgehead atoms. The van der Waals surface area contributed by atoms with Gasteiger partial charge in [0.1, 0.15) is 10.6 Å². The summed E-state index contributed by atoms with van der Waals surface area (Å²) in [5, 5.41) is 11.0. The number of para-hydroxylation sites is 1. The molecule has 1 aromatic carbocycles. The third-order valence-corrected chi connectivity index (χ3v) is 4.04. The first kappa shape index (κ1) is 17.7. The number of carbonyl (C=O) groups excluding carboxylic acids is 1. The van der Waals surface area contributed by atoms with Gasteiger partial charge in [-0.15, -0.1) is 12.4 Å². The molecule has 6 nitrogen and oxygen atoms in total. The van der Waals surface area contributed by atoms with E-state index in [1.807, 2.05) is 6.92 Å². The minimum absolute atomic E-state index is 0. The van der Waals surface area contributed by atoms with Gasteiger partial charge >= 0.3 is 5.69 Å². The summed E-state index contributed by atoms with van der Waals surface area (Å²) in [6.45, 7) is 3.54. The first-order chi connectivity index (χ1) is 9.38. The number of halogens is 2. The molecule has 0 aromatic heterocycles. The summed E-state index contributed by atoms with van der Waals surface area (Å²) in [6.07, 6.45) is 0.795. The van der Waals surface area contributed by atoms with Gasteiger partial charge in [0, 0.05) is 13.1 Å². The Morgan fingerprint density at radius 3 is 2.76 bits per heavy atom. The second kappa shape index (κ2) is 6.60. The Morgan fingerprint density at radius 2 is 2.24 bits per heavy atom. The van der Waals surface area contributed by atoms with Gasteiger partial charge in [0.2, 0.25) is 0 Å². The fourth-order valence-corrected chi connectivity index (χ4v) is 2.65. The van der Waals surface area contributed by atoms with Gasteiger partial charge in [-0.2, -0.15) is 0 Å². The van der Waals surface area contributed by atoms with Gasteiger partial charge < -0.3 is 10.6 Å². The fourth-order valence-electron chi connectivity index (χ4n) is 2.41. The topological polar surface area (TPSA) is 89.5 Å². The highest BCUT2D eigenvalue weighted by Gasteiger charge is 2.37. The minimum Gasteiger partial charge on any atom is -0.338 e. The van der Waals surface area contributed by atoms with Crippen LogP contribution in [-0.4, -0.2) is 35.4 Å². The molecule has 8 heteroatoms. The Bertz CT molecular complexity index is 568. The van der Waals surface area contributed by atoms with Gasteiger partial charge in [0.15, 0.2) is 0 Å². The summed E-state index contributed by atoms with van der Waals surface area (Å²) >= 11 is 5.83. The van der Waals surface area contributed by atoms with Gasteiger partial charge in [-0.1, -0.05) is 24.6 Å². The first-order valence-corrected chi connectivity index (χ1v) is 6.68. The fraction of sp³-hybridized carbons (Fsp3) is 0.462. The number of nitrogens with two attached hydrogens (primary N) is 1. The van der Waals surface area contributed by atoms with Crippen molar-refractivity contribution < 1.29 is 9.72 Å². The molecule has 116 valence electrons. The lowest BCUT2D eigenvalue weighted by Crippen LogP contribution is -2.34. The van der Waals surface area contributed by atoms with Crippen LogP contribution in [0, 0.1) is 15.5 Å². The molecule has 1 fully saturated rings. The number of nitro benzene ring substituents is 1. The largest absolute Gasteiger partial charge is 0.338 e. The maximum Gasteiger partial charge on any atom is 0.300 e. The van der Waals surface area contributed by atoms with Crippen LogP contribution >= 0.6 is 24.0 Å². The smallest absolute Gasteiger partial charge is 0.300 e. The van der Waals surface area contributed by atoms with E-state index in [2.05, 4.69) is 0 Å². The summed E-state index contributed by atoms with van der Waals surface area (Å²) in [7, 11) is 0. The Kier molecular flexibility index (Phi) is 5.55. The number of nitro groups is 1. The molecule has 1 aliphatic heterocycles. The SMILES string of the molecule is CC1(CN)CCN(C(=O)c2cccc(Cl)c2[N+](=O)[O-])C1.Cl. The first-order valence-electron chi connectivity index (χ1n) is 6.30. The number of hydrogen-bond donors (Lipinski definition) is 1. The van der Waals surface area contributed by atoms with Crippen LogP contribution < -0.4 is 5.73 Å². The zero-order valence-electron chi connectivity index (χ0n) is 11.5. The highest BCUT2D eigenvalue weighted by molar-refractivity contribution is 6.33. The van der Waals surface area contributed by atoms with Crippen LogP contribution in [0.2, 0.25) is 5.02 Å². The number of amides is 1. The molecule has 1 amide bonds. The van der Waals surface area contributed by atoms with Crippen LogP contribution in [0.5, 0.6) is 0 Å². The van der Waals surface area contributed by atoms with E-state index in [0.29, 0.717) is 19.6 Å². The number of carbonyl (C=O) groups is 1. The molecule has 0 spiro atoms. The zero-order valence-corrected chi connectivity index (χ0v) is 13.1. The van der Waals surface area contributed by atoms with E-state index >= 15 is 0 Å². The quantitative estimate of drug-likeness (QED) is 0.679. The Balaban J connectivity index is 0.00000220. The molecule has 1 heterocycles. The van der Waals surface area contributed by atoms with Crippen molar-refractivity contribution in [3.8, 4) is 0 Å². The molecule has 2 rings (SSSR count). The minimum atomic E-state index is -0.617. The molecule has 1 atom stereocenters. The third kappa shape index (κ3) is 3.45. The van der Waals surface area contributed by atoms with Crippen LogP contribution in [-0.2, 0) is 0 Å². The van der Waals surface area contributed by atoms with Crippen molar-refractivity contribution in [3.63, 3.8) is 0 Å². The average molecular weight is 334 g/mol. The molecule has 1 aromatic rings.